The highest BCUT2D eigenvalue weighted by Crippen LogP contribution is 2.10. The molecule has 5 N–H and O–H groups in total. The number of rotatable bonds is 7. The molecule has 0 aromatic carbocycles. The Labute approximate surface area is 90.7 Å². The average molecular weight is 218 g/mol. The molecule has 5 heteroatoms. The normalized spacial score (nSPS) is 13.7. The molecule has 0 heterocycles. The van der Waals surface area contributed by atoms with Gasteiger partial charge in [0.2, 0.25) is 5.91 Å². The van der Waals surface area contributed by atoms with Crippen LogP contribution in [0.1, 0.15) is 26.7 Å². The smallest absolute Gasteiger partial charge is 0.224 e. The maximum Gasteiger partial charge on any atom is 0.224 e. The molecule has 0 saturated heterocycles. The second-order valence-corrected chi connectivity index (χ2v) is 3.78. The Kier molecular flexibility index (Phi) is 6.47. The molecule has 0 aliphatic carbocycles. The summed E-state index contributed by atoms with van der Waals surface area (Å²) < 4.78 is 0. The fraction of sp³-hybridized carbons (Fsp3) is 0.900. The van der Waals surface area contributed by atoms with Crippen LogP contribution < -0.4 is 11.1 Å². The Bertz CT molecular complexity index is 181. The number of hydrogen-bond donors (Lipinski definition) is 4. The monoisotopic (exact) mass is 218 g/mol. The van der Waals surface area contributed by atoms with E-state index < -0.39 is 5.54 Å². The molecule has 0 aliphatic rings. The fourth-order valence-electron chi connectivity index (χ4n) is 1.26. The first-order valence-corrected chi connectivity index (χ1v) is 5.32. The summed E-state index contributed by atoms with van der Waals surface area (Å²) in [7, 11) is 0. The van der Waals surface area contributed by atoms with Gasteiger partial charge in [-0.1, -0.05) is 13.8 Å². The van der Waals surface area contributed by atoms with Crippen LogP contribution in [0.25, 0.3) is 0 Å². The van der Waals surface area contributed by atoms with E-state index in [2.05, 4.69) is 5.32 Å². The van der Waals surface area contributed by atoms with Crippen molar-refractivity contribution in [2.75, 3.05) is 19.8 Å². The first-order chi connectivity index (χ1) is 7.09. The Balaban J connectivity index is 4.46. The van der Waals surface area contributed by atoms with Gasteiger partial charge in [-0.2, -0.15) is 0 Å². The van der Waals surface area contributed by atoms with E-state index in [9.17, 15) is 4.79 Å². The summed E-state index contributed by atoms with van der Waals surface area (Å²) in [5.41, 5.74) is 4.52. The molecule has 0 spiro atoms. The van der Waals surface area contributed by atoms with Gasteiger partial charge in [-0.3, -0.25) is 4.79 Å². The van der Waals surface area contributed by atoms with Crippen LogP contribution in [-0.4, -0.2) is 41.4 Å². The van der Waals surface area contributed by atoms with Crippen molar-refractivity contribution in [3.8, 4) is 0 Å². The van der Waals surface area contributed by atoms with Gasteiger partial charge in [-0.05, 0) is 12.8 Å². The lowest BCUT2D eigenvalue weighted by Crippen LogP contribution is -2.55. The van der Waals surface area contributed by atoms with Crippen LogP contribution in [0, 0.1) is 5.92 Å². The molecule has 90 valence electrons. The molecule has 0 radical (unpaired) electrons. The van der Waals surface area contributed by atoms with Crippen molar-refractivity contribution in [3.63, 3.8) is 0 Å². The van der Waals surface area contributed by atoms with E-state index in [0.29, 0.717) is 12.8 Å². The van der Waals surface area contributed by atoms with Crippen LogP contribution in [0.15, 0.2) is 0 Å². The van der Waals surface area contributed by atoms with Crippen molar-refractivity contribution >= 4 is 5.91 Å². The first kappa shape index (κ1) is 14.3. The largest absolute Gasteiger partial charge is 0.394 e. The molecule has 0 aromatic heterocycles. The van der Waals surface area contributed by atoms with Crippen molar-refractivity contribution in [1.29, 1.82) is 0 Å². The van der Waals surface area contributed by atoms with Crippen molar-refractivity contribution in [2.45, 2.75) is 32.2 Å². The predicted molar refractivity (Wildman–Crippen MR) is 58.2 cm³/mol. The minimum Gasteiger partial charge on any atom is -0.394 e. The molecule has 1 atom stereocenters. The van der Waals surface area contributed by atoms with Crippen molar-refractivity contribution in [2.24, 2.45) is 11.7 Å². The molecule has 5 nitrogen and oxygen atoms in total. The highest BCUT2D eigenvalue weighted by Gasteiger charge is 2.30. The maximum atomic E-state index is 11.7. The predicted octanol–water partition coefficient (Wildman–Crippen LogP) is -0.779. The van der Waals surface area contributed by atoms with Gasteiger partial charge in [0.25, 0.3) is 0 Å². The van der Waals surface area contributed by atoms with Gasteiger partial charge in [-0.15, -0.1) is 0 Å². The molecule has 0 aliphatic heterocycles. The van der Waals surface area contributed by atoms with E-state index in [1.165, 1.54) is 0 Å². The van der Waals surface area contributed by atoms with E-state index in [0.717, 1.165) is 0 Å². The van der Waals surface area contributed by atoms with E-state index in [4.69, 9.17) is 15.9 Å². The Morgan fingerprint density at radius 1 is 1.40 bits per heavy atom. The summed E-state index contributed by atoms with van der Waals surface area (Å²) in [6, 6.07) is 0. The summed E-state index contributed by atoms with van der Waals surface area (Å²) in [4.78, 5) is 11.7. The number of aliphatic hydroxyl groups excluding tert-OH is 2. The number of nitrogens with one attached hydrogen (secondary N) is 1. The lowest BCUT2D eigenvalue weighted by Gasteiger charge is -2.31. The van der Waals surface area contributed by atoms with Gasteiger partial charge in [0.05, 0.1) is 18.8 Å². The third-order valence-corrected chi connectivity index (χ3v) is 2.82. The zero-order valence-corrected chi connectivity index (χ0v) is 9.49. The molecule has 0 bridgehead atoms. The topological polar surface area (TPSA) is 95.6 Å². The average Bonchev–Trinajstić information content (AvgIpc) is 2.28. The third kappa shape index (κ3) is 3.77. The summed E-state index contributed by atoms with van der Waals surface area (Å²) in [5, 5.41) is 21.0. The fourth-order valence-corrected chi connectivity index (χ4v) is 1.26. The number of aliphatic hydroxyl groups is 2. The summed E-state index contributed by atoms with van der Waals surface area (Å²) >= 11 is 0. The minimum atomic E-state index is -0.917. The molecule has 0 rings (SSSR count). The minimum absolute atomic E-state index is 0.204. The Morgan fingerprint density at radius 2 is 1.93 bits per heavy atom. The van der Waals surface area contributed by atoms with Gasteiger partial charge in [0.1, 0.15) is 0 Å². The van der Waals surface area contributed by atoms with Crippen molar-refractivity contribution in [3.05, 3.63) is 0 Å². The molecule has 1 amide bonds. The number of amides is 1. The molecular weight excluding hydrogens is 196 g/mol. The molecule has 15 heavy (non-hydrogen) atoms. The Morgan fingerprint density at radius 3 is 2.20 bits per heavy atom. The number of carbonyl (C=O) groups excluding carboxylic acids is 1. The molecule has 0 aromatic rings. The number of nitrogens with two attached hydrogens (primary N) is 1. The second-order valence-electron chi connectivity index (χ2n) is 3.78. The second kappa shape index (κ2) is 6.76. The van der Waals surface area contributed by atoms with E-state index in [1.54, 1.807) is 6.92 Å². The zero-order chi connectivity index (χ0) is 11.9. The number of carbonyl (C=O) groups is 1. The van der Waals surface area contributed by atoms with Gasteiger partial charge >= 0.3 is 0 Å². The maximum absolute atomic E-state index is 11.7. The molecule has 0 saturated carbocycles. The summed E-state index contributed by atoms with van der Waals surface area (Å²) in [6.07, 6.45) is 1.13. The van der Waals surface area contributed by atoms with Gasteiger partial charge < -0.3 is 21.3 Å². The number of hydrogen-bond acceptors (Lipinski definition) is 4. The highest BCUT2D eigenvalue weighted by atomic mass is 16.3. The lowest BCUT2D eigenvalue weighted by atomic mass is 9.96. The Hall–Kier alpha value is -0.650. The quantitative estimate of drug-likeness (QED) is 0.451. The zero-order valence-electron chi connectivity index (χ0n) is 9.49. The van der Waals surface area contributed by atoms with Crippen molar-refractivity contribution < 1.29 is 15.0 Å². The molecule has 1 unspecified atom stereocenters. The SMILES string of the molecule is CCC(CN)C(=O)NC(CC)(CO)CO. The van der Waals surface area contributed by atoms with Crippen LogP contribution in [0.5, 0.6) is 0 Å². The van der Waals surface area contributed by atoms with E-state index >= 15 is 0 Å². The van der Waals surface area contributed by atoms with Crippen LogP contribution in [0.4, 0.5) is 0 Å². The van der Waals surface area contributed by atoms with Crippen molar-refractivity contribution in [1.82, 2.24) is 5.32 Å². The van der Waals surface area contributed by atoms with Crippen LogP contribution in [0.3, 0.4) is 0 Å². The summed E-state index contributed by atoms with van der Waals surface area (Å²) in [6.45, 7) is 3.41. The molecular formula is C10H22N2O3. The summed E-state index contributed by atoms with van der Waals surface area (Å²) in [5.74, 6) is -0.459. The van der Waals surface area contributed by atoms with Crippen LogP contribution in [0.2, 0.25) is 0 Å². The highest BCUT2D eigenvalue weighted by molar-refractivity contribution is 5.79. The third-order valence-electron chi connectivity index (χ3n) is 2.82. The van der Waals surface area contributed by atoms with Gasteiger partial charge in [0, 0.05) is 12.5 Å². The standard InChI is InChI=1S/C10H22N2O3/c1-3-8(5-11)9(15)12-10(4-2,6-13)7-14/h8,13-14H,3-7,11H2,1-2H3,(H,12,15). The van der Waals surface area contributed by atoms with E-state index in [1.807, 2.05) is 6.92 Å². The van der Waals surface area contributed by atoms with Gasteiger partial charge in [0.15, 0.2) is 0 Å². The lowest BCUT2D eigenvalue weighted by molar-refractivity contribution is -0.128. The van der Waals surface area contributed by atoms with Gasteiger partial charge in [-0.25, -0.2) is 0 Å². The first-order valence-electron chi connectivity index (χ1n) is 5.32. The van der Waals surface area contributed by atoms with Crippen LogP contribution >= 0.6 is 0 Å². The van der Waals surface area contributed by atoms with Crippen LogP contribution in [-0.2, 0) is 4.79 Å². The van der Waals surface area contributed by atoms with E-state index in [-0.39, 0.29) is 31.6 Å². The molecule has 0 fully saturated rings.